The van der Waals surface area contributed by atoms with E-state index in [9.17, 15) is 14.7 Å². The molecule has 3 N–H and O–H groups in total. The maximum absolute atomic E-state index is 11.4. The number of methoxy groups -OCH3 is 1. The van der Waals surface area contributed by atoms with Crippen molar-refractivity contribution < 1.29 is 19.4 Å². The molecule has 0 aromatic heterocycles. The van der Waals surface area contributed by atoms with Gasteiger partial charge < -0.3 is 20.5 Å². The Balaban J connectivity index is 4.00. The van der Waals surface area contributed by atoms with E-state index in [2.05, 4.69) is 15.4 Å². The zero-order chi connectivity index (χ0) is 13.7. The molecular formula is C11H22N2O4. The van der Waals surface area contributed by atoms with Crippen LogP contribution in [-0.4, -0.2) is 48.3 Å². The first kappa shape index (κ1) is 15.9. The van der Waals surface area contributed by atoms with E-state index in [1.807, 2.05) is 20.8 Å². The second kappa shape index (κ2) is 5.97. The number of carbonyl (C=O) groups excluding carboxylic acids is 2. The summed E-state index contributed by atoms with van der Waals surface area (Å²) < 4.78 is 4.42. The maximum atomic E-state index is 11.4. The highest BCUT2D eigenvalue weighted by Crippen LogP contribution is 2.03. The molecule has 0 rings (SSSR count). The second-order valence-corrected chi connectivity index (χ2v) is 5.17. The first-order chi connectivity index (χ1) is 7.58. The average molecular weight is 246 g/mol. The number of aliphatic hydroxyl groups is 1. The molecule has 0 saturated heterocycles. The van der Waals surface area contributed by atoms with Crippen molar-refractivity contribution in [1.82, 2.24) is 10.6 Å². The van der Waals surface area contributed by atoms with Gasteiger partial charge in [-0.2, -0.15) is 0 Å². The Kier molecular flexibility index (Phi) is 5.57. The molecule has 0 aliphatic heterocycles. The van der Waals surface area contributed by atoms with Crippen molar-refractivity contribution in [3.05, 3.63) is 0 Å². The summed E-state index contributed by atoms with van der Waals surface area (Å²) in [6, 6.07) is 0. The molecule has 0 aromatic carbocycles. The highest BCUT2D eigenvalue weighted by molar-refractivity contribution is 5.80. The molecule has 0 bridgehead atoms. The van der Waals surface area contributed by atoms with Crippen molar-refractivity contribution in [3.8, 4) is 0 Å². The SMILES string of the molecule is COC(=O)C(C)(O)CNCC(=O)NC(C)(C)C. The first-order valence-electron chi connectivity index (χ1n) is 5.41. The topological polar surface area (TPSA) is 87.7 Å². The molecule has 0 aromatic rings. The fraction of sp³-hybridized carbons (Fsp3) is 0.818. The Morgan fingerprint density at radius 1 is 1.24 bits per heavy atom. The molecule has 1 atom stereocenters. The van der Waals surface area contributed by atoms with Gasteiger partial charge in [-0.15, -0.1) is 0 Å². The van der Waals surface area contributed by atoms with E-state index in [0.717, 1.165) is 0 Å². The van der Waals surface area contributed by atoms with Gasteiger partial charge in [-0.1, -0.05) is 0 Å². The molecule has 1 amide bonds. The van der Waals surface area contributed by atoms with Gasteiger partial charge in [0.25, 0.3) is 0 Å². The van der Waals surface area contributed by atoms with Crippen LogP contribution in [-0.2, 0) is 14.3 Å². The summed E-state index contributed by atoms with van der Waals surface area (Å²) in [5.74, 6) is -0.931. The molecule has 0 radical (unpaired) electrons. The van der Waals surface area contributed by atoms with E-state index in [1.165, 1.54) is 14.0 Å². The quantitative estimate of drug-likeness (QED) is 0.565. The highest BCUT2D eigenvalue weighted by Gasteiger charge is 2.31. The van der Waals surface area contributed by atoms with E-state index < -0.39 is 11.6 Å². The lowest BCUT2D eigenvalue weighted by Crippen LogP contribution is -2.50. The number of ether oxygens (including phenoxy) is 1. The monoisotopic (exact) mass is 246 g/mol. The highest BCUT2D eigenvalue weighted by atomic mass is 16.5. The van der Waals surface area contributed by atoms with Crippen LogP contribution in [0, 0.1) is 0 Å². The number of carbonyl (C=O) groups is 2. The minimum Gasteiger partial charge on any atom is -0.467 e. The molecule has 0 heterocycles. The number of hydrogen-bond donors (Lipinski definition) is 3. The van der Waals surface area contributed by atoms with Gasteiger partial charge in [0.1, 0.15) is 0 Å². The van der Waals surface area contributed by atoms with Crippen LogP contribution in [0.2, 0.25) is 0 Å². The molecule has 100 valence electrons. The molecule has 0 saturated carbocycles. The standard InChI is InChI=1S/C11H22N2O4/c1-10(2,3)13-8(14)6-12-7-11(4,16)9(15)17-5/h12,16H,6-7H2,1-5H3,(H,13,14). The normalized spacial score (nSPS) is 14.9. The van der Waals surface area contributed by atoms with Crippen molar-refractivity contribution in [1.29, 1.82) is 0 Å². The predicted molar refractivity (Wildman–Crippen MR) is 63.4 cm³/mol. The van der Waals surface area contributed by atoms with Crippen molar-refractivity contribution in [2.75, 3.05) is 20.2 Å². The lowest BCUT2D eigenvalue weighted by molar-refractivity contribution is -0.160. The minimum atomic E-state index is -1.63. The van der Waals surface area contributed by atoms with E-state index in [1.54, 1.807) is 0 Å². The molecular weight excluding hydrogens is 224 g/mol. The Morgan fingerprint density at radius 3 is 2.18 bits per heavy atom. The number of hydrogen-bond acceptors (Lipinski definition) is 5. The predicted octanol–water partition coefficient (Wildman–Crippen LogP) is -0.585. The Hall–Kier alpha value is -1.14. The molecule has 0 fully saturated rings. The van der Waals surface area contributed by atoms with Gasteiger partial charge in [-0.05, 0) is 27.7 Å². The maximum Gasteiger partial charge on any atom is 0.338 e. The lowest BCUT2D eigenvalue weighted by atomic mass is 10.1. The lowest BCUT2D eigenvalue weighted by Gasteiger charge is -2.23. The third-order valence-corrected chi connectivity index (χ3v) is 1.89. The van der Waals surface area contributed by atoms with E-state index >= 15 is 0 Å². The zero-order valence-corrected chi connectivity index (χ0v) is 11.1. The van der Waals surface area contributed by atoms with Crippen LogP contribution >= 0.6 is 0 Å². The molecule has 6 heteroatoms. The molecule has 0 spiro atoms. The van der Waals surface area contributed by atoms with Crippen LogP contribution in [0.15, 0.2) is 0 Å². The average Bonchev–Trinajstić information content (AvgIpc) is 2.13. The van der Waals surface area contributed by atoms with Crippen LogP contribution in [0.1, 0.15) is 27.7 Å². The zero-order valence-electron chi connectivity index (χ0n) is 11.1. The Morgan fingerprint density at radius 2 is 1.76 bits per heavy atom. The van der Waals surface area contributed by atoms with Gasteiger partial charge in [0.15, 0.2) is 5.60 Å². The fourth-order valence-electron chi connectivity index (χ4n) is 1.17. The molecule has 1 unspecified atom stereocenters. The fourth-order valence-corrected chi connectivity index (χ4v) is 1.17. The Labute approximate surface area is 102 Å². The van der Waals surface area contributed by atoms with Crippen LogP contribution in [0.25, 0.3) is 0 Å². The summed E-state index contributed by atoms with van der Waals surface area (Å²) in [7, 11) is 1.20. The molecule has 6 nitrogen and oxygen atoms in total. The number of esters is 1. The largest absolute Gasteiger partial charge is 0.467 e. The number of rotatable bonds is 5. The van der Waals surface area contributed by atoms with Gasteiger partial charge >= 0.3 is 5.97 Å². The van der Waals surface area contributed by atoms with Gasteiger partial charge in [0.2, 0.25) is 5.91 Å². The number of amides is 1. The Bertz CT molecular complexity index is 282. The van der Waals surface area contributed by atoms with Crippen LogP contribution < -0.4 is 10.6 Å². The summed E-state index contributed by atoms with van der Waals surface area (Å²) >= 11 is 0. The summed E-state index contributed by atoms with van der Waals surface area (Å²) in [6.45, 7) is 6.93. The molecule has 17 heavy (non-hydrogen) atoms. The van der Waals surface area contributed by atoms with Gasteiger partial charge in [-0.3, -0.25) is 4.79 Å². The molecule has 0 aliphatic carbocycles. The van der Waals surface area contributed by atoms with Gasteiger partial charge in [-0.25, -0.2) is 4.79 Å². The number of nitrogens with one attached hydrogen (secondary N) is 2. The van der Waals surface area contributed by atoms with Crippen LogP contribution in [0.5, 0.6) is 0 Å². The summed E-state index contributed by atoms with van der Waals surface area (Å²) in [4.78, 5) is 22.5. The van der Waals surface area contributed by atoms with Crippen molar-refractivity contribution >= 4 is 11.9 Å². The minimum absolute atomic E-state index is 0.0322. The van der Waals surface area contributed by atoms with E-state index in [-0.39, 0.29) is 24.5 Å². The van der Waals surface area contributed by atoms with Crippen LogP contribution in [0.4, 0.5) is 0 Å². The third kappa shape index (κ3) is 6.91. The third-order valence-electron chi connectivity index (χ3n) is 1.89. The van der Waals surface area contributed by atoms with E-state index in [4.69, 9.17) is 0 Å². The van der Waals surface area contributed by atoms with Gasteiger partial charge in [0, 0.05) is 12.1 Å². The first-order valence-corrected chi connectivity index (χ1v) is 5.41. The summed E-state index contributed by atoms with van der Waals surface area (Å²) in [5.41, 5.74) is -1.93. The van der Waals surface area contributed by atoms with Crippen molar-refractivity contribution in [2.45, 2.75) is 38.8 Å². The summed E-state index contributed by atoms with van der Waals surface area (Å²) in [5, 5.41) is 15.1. The van der Waals surface area contributed by atoms with Crippen LogP contribution in [0.3, 0.4) is 0 Å². The molecule has 0 aliphatic rings. The van der Waals surface area contributed by atoms with E-state index in [0.29, 0.717) is 0 Å². The van der Waals surface area contributed by atoms with Crippen molar-refractivity contribution in [3.63, 3.8) is 0 Å². The van der Waals surface area contributed by atoms with Gasteiger partial charge in [0.05, 0.1) is 13.7 Å². The summed E-state index contributed by atoms with van der Waals surface area (Å²) in [6.07, 6.45) is 0. The smallest absolute Gasteiger partial charge is 0.338 e. The van der Waals surface area contributed by atoms with Crippen molar-refractivity contribution in [2.24, 2.45) is 0 Å². The second-order valence-electron chi connectivity index (χ2n) is 5.17.